The average Bonchev–Trinajstić information content (AvgIpc) is 3.18. The molecule has 1 aromatic heterocycles. The first-order chi connectivity index (χ1) is 12.9. The van der Waals surface area contributed by atoms with Gasteiger partial charge in [0.05, 0.1) is 39.9 Å². The second-order valence-corrected chi connectivity index (χ2v) is 7.32. The number of methoxy groups -OCH3 is 3. The summed E-state index contributed by atoms with van der Waals surface area (Å²) in [5.74, 6) is 0.783. The van der Waals surface area contributed by atoms with Gasteiger partial charge in [-0.3, -0.25) is 4.79 Å². The molecule has 1 aromatic carbocycles. The second-order valence-electron chi connectivity index (χ2n) is 5.39. The monoisotopic (exact) mass is 398 g/mol. The molecule has 0 aliphatic heterocycles. The van der Waals surface area contributed by atoms with E-state index in [9.17, 15) is 13.2 Å². The van der Waals surface area contributed by atoms with Crippen molar-refractivity contribution in [3.63, 3.8) is 0 Å². The molecule has 27 heavy (non-hydrogen) atoms. The van der Waals surface area contributed by atoms with Crippen LogP contribution in [0.2, 0.25) is 0 Å². The highest BCUT2D eigenvalue weighted by atomic mass is 32.2. The van der Waals surface area contributed by atoms with Crippen molar-refractivity contribution >= 4 is 15.9 Å². The number of furan rings is 1. The molecule has 0 unspecified atom stereocenters. The predicted molar refractivity (Wildman–Crippen MR) is 97.8 cm³/mol. The van der Waals surface area contributed by atoms with Gasteiger partial charge in [0.25, 0.3) is 5.91 Å². The Morgan fingerprint density at radius 3 is 2.30 bits per heavy atom. The summed E-state index contributed by atoms with van der Waals surface area (Å²) < 4.78 is 47.0. The molecule has 2 aromatic rings. The average molecular weight is 398 g/mol. The lowest BCUT2D eigenvalue weighted by molar-refractivity contribution is 0.0955. The molecule has 148 valence electrons. The largest absolute Gasteiger partial charge is 0.493 e. The lowest BCUT2D eigenvalue weighted by Gasteiger charge is -2.14. The van der Waals surface area contributed by atoms with Gasteiger partial charge < -0.3 is 23.9 Å². The van der Waals surface area contributed by atoms with Crippen molar-refractivity contribution < 1.29 is 31.8 Å². The Kier molecular flexibility index (Phi) is 7.08. The lowest BCUT2D eigenvalue weighted by atomic mass is 10.1. The van der Waals surface area contributed by atoms with E-state index in [4.69, 9.17) is 18.6 Å². The van der Waals surface area contributed by atoms with Gasteiger partial charge in [-0.15, -0.1) is 0 Å². The molecule has 0 radical (unpaired) electrons. The van der Waals surface area contributed by atoms with Crippen molar-refractivity contribution in [2.24, 2.45) is 0 Å². The van der Waals surface area contributed by atoms with Crippen molar-refractivity contribution in [1.29, 1.82) is 0 Å². The van der Waals surface area contributed by atoms with Crippen molar-refractivity contribution in [3.05, 3.63) is 41.9 Å². The number of sulfonamides is 1. The fraction of sp³-hybridized carbons (Fsp3) is 0.353. The zero-order valence-electron chi connectivity index (χ0n) is 15.3. The summed E-state index contributed by atoms with van der Waals surface area (Å²) in [6, 6.07) is 6.30. The fourth-order valence-electron chi connectivity index (χ4n) is 2.28. The van der Waals surface area contributed by atoms with E-state index in [-0.39, 0.29) is 24.4 Å². The van der Waals surface area contributed by atoms with Crippen LogP contribution in [0.5, 0.6) is 17.2 Å². The summed E-state index contributed by atoms with van der Waals surface area (Å²) in [7, 11) is 0.775. The minimum atomic E-state index is -3.57. The third kappa shape index (κ3) is 5.63. The summed E-state index contributed by atoms with van der Waals surface area (Å²) >= 11 is 0. The van der Waals surface area contributed by atoms with Crippen LogP contribution in [0.15, 0.2) is 34.9 Å². The topological polar surface area (TPSA) is 116 Å². The Labute approximate surface area is 157 Å². The summed E-state index contributed by atoms with van der Waals surface area (Å²) in [4.78, 5) is 12.3. The van der Waals surface area contributed by atoms with Crippen LogP contribution in [0, 0.1) is 0 Å². The third-order valence-corrected chi connectivity index (χ3v) is 4.96. The van der Waals surface area contributed by atoms with E-state index in [1.54, 1.807) is 12.1 Å². The Bertz CT molecular complexity index is 838. The Balaban J connectivity index is 1.95. The van der Waals surface area contributed by atoms with Gasteiger partial charge in [0, 0.05) is 12.1 Å². The Morgan fingerprint density at radius 2 is 1.78 bits per heavy atom. The fourth-order valence-corrected chi connectivity index (χ4v) is 3.16. The summed E-state index contributed by atoms with van der Waals surface area (Å²) in [6.07, 6.45) is 1.46. The SMILES string of the molecule is COc1cc(C(=O)NCCS(=O)(=O)NCc2ccco2)cc(OC)c1OC. The summed E-state index contributed by atoms with van der Waals surface area (Å²) in [5, 5.41) is 2.55. The molecule has 1 heterocycles. The molecule has 0 atom stereocenters. The van der Waals surface area contributed by atoms with E-state index < -0.39 is 15.9 Å². The number of hydrogen-bond acceptors (Lipinski definition) is 7. The standard InChI is InChI=1S/C17H22N2O7S/c1-23-14-9-12(10-15(24-2)16(14)25-3)17(20)18-6-8-27(21,22)19-11-13-5-4-7-26-13/h4-5,7,9-10,19H,6,8,11H2,1-3H3,(H,18,20). The van der Waals surface area contributed by atoms with Gasteiger partial charge in [0.2, 0.25) is 15.8 Å². The maximum Gasteiger partial charge on any atom is 0.251 e. The summed E-state index contributed by atoms with van der Waals surface area (Å²) in [6.45, 7) is -0.0147. The number of ether oxygens (including phenoxy) is 3. The van der Waals surface area contributed by atoms with E-state index in [0.717, 1.165) is 0 Å². The van der Waals surface area contributed by atoms with Crippen LogP contribution in [0.1, 0.15) is 16.1 Å². The van der Waals surface area contributed by atoms with E-state index in [2.05, 4.69) is 10.0 Å². The highest BCUT2D eigenvalue weighted by molar-refractivity contribution is 7.89. The van der Waals surface area contributed by atoms with Gasteiger partial charge >= 0.3 is 0 Å². The van der Waals surface area contributed by atoms with Gasteiger partial charge in [-0.05, 0) is 24.3 Å². The van der Waals surface area contributed by atoms with Gasteiger partial charge in [-0.25, -0.2) is 13.1 Å². The predicted octanol–water partition coefficient (Wildman–Crippen LogP) is 1.15. The normalized spacial score (nSPS) is 11.1. The lowest BCUT2D eigenvalue weighted by Crippen LogP contribution is -2.34. The molecule has 0 spiro atoms. The van der Waals surface area contributed by atoms with E-state index in [0.29, 0.717) is 23.0 Å². The van der Waals surface area contributed by atoms with Crippen LogP contribution in [0.4, 0.5) is 0 Å². The number of carbonyl (C=O) groups is 1. The van der Waals surface area contributed by atoms with Crippen LogP contribution in [-0.4, -0.2) is 48.0 Å². The molecule has 0 bridgehead atoms. The van der Waals surface area contributed by atoms with Crippen molar-refractivity contribution in [1.82, 2.24) is 10.0 Å². The minimum absolute atomic E-state index is 0.0517. The molecule has 9 nitrogen and oxygen atoms in total. The first kappa shape index (κ1) is 20.6. The molecule has 1 amide bonds. The Morgan fingerprint density at radius 1 is 1.11 bits per heavy atom. The highest BCUT2D eigenvalue weighted by Crippen LogP contribution is 2.38. The molecular weight excluding hydrogens is 376 g/mol. The first-order valence-corrected chi connectivity index (χ1v) is 9.63. The minimum Gasteiger partial charge on any atom is -0.493 e. The molecule has 0 fully saturated rings. The molecule has 10 heteroatoms. The molecule has 2 N–H and O–H groups in total. The van der Waals surface area contributed by atoms with Crippen LogP contribution >= 0.6 is 0 Å². The molecule has 2 rings (SSSR count). The smallest absolute Gasteiger partial charge is 0.251 e. The first-order valence-electron chi connectivity index (χ1n) is 7.98. The Hall–Kier alpha value is -2.72. The van der Waals surface area contributed by atoms with Crippen LogP contribution in [0.25, 0.3) is 0 Å². The highest BCUT2D eigenvalue weighted by Gasteiger charge is 2.18. The maximum atomic E-state index is 12.3. The molecule has 0 aliphatic rings. The maximum absolute atomic E-state index is 12.3. The molecule has 0 saturated carbocycles. The number of amides is 1. The zero-order chi connectivity index (χ0) is 19.9. The third-order valence-electron chi connectivity index (χ3n) is 3.63. The van der Waals surface area contributed by atoms with Crippen molar-refractivity contribution in [2.75, 3.05) is 33.6 Å². The van der Waals surface area contributed by atoms with Gasteiger partial charge in [0.15, 0.2) is 11.5 Å². The number of nitrogens with one attached hydrogen (secondary N) is 2. The number of rotatable bonds is 10. The van der Waals surface area contributed by atoms with Crippen molar-refractivity contribution in [3.8, 4) is 17.2 Å². The van der Waals surface area contributed by atoms with Crippen LogP contribution in [0.3, 0.4) is 0 Å². The van der Waals surface area contributed by atoms with Crippen molar-refractivity contribution in [2.45, 2.75) is 6.54 Å². The van der Waals surface area contributed by atoms with Crippen LogP contribution in [-0.2, 0) is 16.6 Å². The van der Waals surface area contributed by atoms with Crippen LogP contribution < -0.4 is 24.2 Å². The van der Waals surface area contributed by atoms with Gasteiger partial charge in [0.1, 0.15) is 5.76 Å². The number of hydrogen-bond donors (Lipinski definition) is 2. The zero-order valence-corrected chi connectivity index (χ0v) is 16.1. The van der Waals surface area contributed by atoms with Gasteiger partial charge in [-0.2, -0.15) is 0 Å². The van der Waals surface area contributed by atoms with E-state index in [1.807, 2.05) is 0 Å². The quantitative estimate of drug-likeness (QED) is 0.617. The van der Waals surface area contributed by atoms with E-state index >= 15 is 0 Å². The number of benzene rings is 1. The number of carbonyl (C=O) groups excluding carboxylic acids is 1. The molecular formula is C17H22N2O7S. The van der Waals surface area contributed by atoms with Gasteiger partial charge in [-0.1, -0.05) is 0 Å². The molecule has 0 saturated heterocycles. The summed E-state index contributed by atoms with van der Waals surface area (Å²) in [5.41, 5.74) is 0.255. The van der Waals surface area contributed by atoms with E-state index in [1.165, 1.54) is 39.7 Å². The molecule has 0 aliphatic carbocycles. The second kappa shape index (κ2) is 9.28.